The Kier molecular flexibility index (Phi) is 3.58. The Balaban J connectivity index is 1.65. The maximum absolute atomic E-state index is 5.29. The van der Waals surface area contributed by atoms with Gasteiger partial charge in [-0.05, 0) is 0 Å². The summed E-state index contributed by atoms with van der Waals surface area (Å²) in [6, 6.07) is 0. The molecule has 0 aromatic carbocycles. The van der Waals surface area contributed by atoms with E-state index in [1.807, 2.05) is 19.4 Å². The molecule has 5 nitrogen and oxygen atoms in total. The van der Waals surface area contributed by atoms with Gasteiger partial charge in [0.05, 0.1) is 25.1 Å². The summed E-state index contributed by atoms with van der Waals surface area (Å²) in [6.07, 6.45) is 3.83. The summed E-state index contributed by atoms with van der Waals surface area (Å²) in [7, 11) is 1.92. The van der Waals surface area contributed by atoms with Gasteiger partial charge in [-0.3, -0.25) is 9.58 Å². The summed E-state index contributed by atoms with van der Waals surface area (Å²) < 4.78 is 7.09. The first kappa shape index (κ1) is 10.4. The predicted molar refractivity (Wildman–Crippen MR) is 59.0 cm³/mol. The van der Waals surface area contributed by atoms with Crippen LogP contribution < -0.4 is 5.32 Å². The number of hydrogen-bond donors (Lipinski definition) is 1. The van der Waals surface area contributed by atoms with Crippen LogP contribution in [0.4, 0.5) is 5.69 Å². The van der Waals surface area contributed by atoms with Gasteiger partial charge in [-0.15, -0.1) is 0 Å². The molecule has 2 heterocycles. The largest absolute Gasteiger partial charge is 0.381 e. The Morgan fingerprint density at radius 1 is 1.47 bits per heavy atom. The van der Waals surface area contributed by atoms with Crippen LogP contribution in [0.15, 0.2) is 12.4 Å². The van der Waals surface area contributed by atoms with Crippen LogP contribution in [0, 0.1) is 0 Å². The van der Waals surface area contributed by atoms with Gasteiger partial charge >= 0.3 is 0 Å². The van der Waals surface area contributed by atoms with Crippen molar-refractivity contribution in [3.63, 3.8) is 0 Å². The number of hydrogen-bond acceptors (Lipinski definition) is 4. The van der Waals surface area contributed by atoms with Crippen molar-refractivity contribution in [2.75, 3.05) is 44.7 Å². The van der Waals surface area contributed by atoms with Crippen LogP contribution in [0.2, 0.25) is 0 Å². The summed E-state index contributed by atoms with van der Waals surface area (Å²) in [5, 5.41) is 7.45. The van der Waals surface area contributed by atoms with Crippen molar-refractivity contribution >= 4 is 5.69 Å². The summed E-state index contributed by atoms with van der Waals surface area (Å²) in [5.74, 6) is 0. The molecule has 0 unspecified atom stereocenters. The lowest BCUT2D eigenvalue weighted by atomic mass is 10.4. The van der Waals surface area contributed by atoms with Gasteiger partial charge < -0.3 is 10.1 Å². The standard InChI is InChI=1S/C10H18N4O/c1-13-9-10(8-12-13)11-2-3-14-4-6-15-7-5-14/h8-9,11H,2-7H2,1H3. The van der Waals surface area contributed by atoms with Crippen molar-refractivity contribution in [3.8, 4) is 0 Å². The molecule has 0 saturated carbocycles. The van der Waals surface area contributed by atoms with Gasteiger partial charge in [0.25, 0.3) is 0 Å². The molecule has 0 spiro atoms. The molecular weight excluding hydrogens is 192 g/mol. The second-order valence-electron chi connectivity index (χ2n) is 3.78. The molecule has 0 amide bonds. The van der Waals surface area contributed by atoms with Gasteiger partial charge in [-0.2, -0.15) is 5.10 Å². The molecule has 1 saturated heterocycles. The molecule has 1 aliphatic heterocycles. The highest BCUT2D eigenvalue weighted by molar-refractivity contribution is 5.37. The van der Waals surface area contributed by atoms with Gasteiger partial charge in [0.15, 0.2) is 0 Å². The minimum Gasteiger partial charge on any atom is -0.381 e. The van der Waals surface area contributed by atoms with E-state index in [2.05, 4.69) is 15.3 Å². The highest BCUT2D eigenvalue weighted by Crippen LogP contribution is 2.03. The minimum absolute atomic E-state index is 0.868. The van der Waals surface area contributed by atoms with Gasteiger partial charge in [0, 0.05) is 39.4 Å². The Bertz CT molecular complexity index is 293. The molecule has 0 aliphatic carbocycles. The van der Waals surface area contributed by atoms with Gasteiger partial charge in [-0.25, -0.2) is 0 Å². The van der Waals surface area contributed by atoms with Gasteiger partial charge in [0.2, 0.25) is 0 Å². The van der Waals surface area contributed by atoms with Crippen LogP contribution in [0.3, 0.4) is 0 Å². The number of ether oxygens (including phenoxy) is 1. The number of morpholine rings is 1. The van der Waals surface area contributed by atoms with E-state index in [0.29, 0.717) is 0 Å². The number of aromatic nitrogens is 2. The molecule has 1 aromatic heterocycles. The van der Waals surface area contributed by atoms with Crippen molar-refractivity contribution in [2.45, 2.75) is 0 Å². The fraction of sp³-hybridized carbons (Fsp3) is 0.700. The maximum Gasteiger partial charge on any atom is 0.0726 e. The van der Waals surface area contributed by atoms with E-state index in [-0.39, 0.29) is 0 Å². The van der Waals surface area contributed by atoms with Crippen LogP contribution in [-0.4, -0.2) is 54.1 Å². The highest BCUT2D eigenvalue weighted by Gasteiger charge is 2.08. The fourth-order valence-electron chi connectivity index (χ4n) is 1.70. The van der Waals surface area contributed by atoms with Crippen molar-refractivity contribution in [2.24, 2.45) is 7.05 Å². The first-order valence-corrected chi connectivity index (χ1v) is 5.37. The van der Waals surface area contributed by atoms with E-state index in [4.69, 9.17) is 4.74 Å². The quantitative estimate of drug-likeness (QED) is 0.769. The van der Waals surface area contributed by atoms with Crippen molar-refractivity contribution < 1.29 is 4.74 Å². The summed E-state index contributed by atoms with van der Waals surface area (Å²) in [5.41, 5.74) is 1.09. The zero-order valence-corrected chi connectivity index (χ0v) is 9.15. The number of rotatable bonds is 4. The van der Waals surface area contributed by atoms with Gasteiger partial charge in [-0.1, -0.05) is 0 Å². The van der Waals surface area contributed by atoms with E-state index in [9.17, 15) is 0 Å². The predicted octanol–water partition coefficient (Wildman–Crippen LogP) is 0.164. The molecule has 0 bridgehead atoms. The molecule has 84 valence electrons. The lowest BCUT2D eigenvalue weighted by Crippen LogP contribution is -2.38. The third-order valence-corrected chi connectivity index (χ3v) is 2.57. The van der Waals surface area contributed by atoms with Crippen LogP contribution in [0.25, 0.3) is 0 Å². The van der Waals surface area contributed by atoms with Gasteiger partial charge in [0.1, 0.15) is 0 Å². The molecule has 1 N–H and O–H groups in total. The van der Waals surface area contributed by atoms with E-state index in [1.165, 1.54) is 0 Å². The molecule has 5 heteroatoms. The topological polar surface area (TPSA) is 42.3 Å². The summed E-state index contributed by atoms with van der Waals surface area (Å²) in [4.78, 5) is 2.41. The molecule has 0 atom stereocenters. The lowest BCUT2D eigenvalue weighted by Gasteiger charge is -2.26. The Hall–Kier alpha value is -1.07. The normalized spacial score (nSPS) is 17.9. The maximum atomic E-state index is 5.29. The molecule has 1 aromatic rings. The number of anilines is 1. The first-order valence-electron chi connectivity index (χ1n) is 5.37. The fourth-order valence-corrected chi connectivity index (χ4v) is 1.70. The number of nitrogens with zero attached hydrogens (tertiary/aromatic N) is 3. The smallest absolute Gasteiger partial charge is 0.0726 e. The second kappa shape index (κ2) is 5.14. The van der Waals surface area contributed by atoms with E-state index >= 15 is 0 Å². The summed E-state index contributed by atoms with van der Waals surface area (Å²) >= 11 is 0. The van der Waals surface area contributed by atoms with E-state index < -0.39 is 0 Å². The molecule has 15 heavy (non-hydrogen) atoms. The molecular formula is C10H18N4O. The number of aryl methyl sites for hydroxylation is 1. The first-order chi connectivity index (χ1) is 7.34. The van der Waals surface area contributed by atoms with Crippen molar-refractivity contribution in [1.29, 1.82) is 0 Å². The third-order valence-electron chi connectivity index (χ3n) is 2.57. The molecule has 0 radical (unpaired) electrons. The average Bonchev–Trinajstić information content (AvgIpc) is 2.66. The molecule has 2 rings (SSSR count). The van der Waals surface area contributed by atoms with Crippen LogP contribution in [0.5, 0.6) is 0 Å². The average molecular weight is 210 g/mol. The number of nitrogens with one attached hydrogen (secondary N) is 1. The second-order valence-corrected chi connectivity index (χ2v) is 3.78. The zero-order valence-electron chi connectivity index (χ0n) is 9.15. The van der Waals surface area contributed by atoms with Crippen molar-refractivity contribution in [3.05, 3.63) is 12.4 Å². The zero-order chi connectivity index (χ0) is 10.5. The van der Waals surface area contributed by atoms with Crippen molar-refractivity contribution in [1.82, 2.24) is 14.7 Å². The monoisotopic (exact) mass is 210 g/mol. The SMILES string of the molecule is Cn1cc(NCCN2CCOCC2)cn1. The highest BCUT2D eigenvalue weighted by atomic mass is 16.5. The Morgan fingerprint density at radius 2 is 2.27 bits per heavy atom. The third kappa shape index (κ3) is 3.21. The van der Waals surface area contributed by atoms with Crippen LogP contribution >= 0.6 is 0 Å². The van der Waals surface area contributed by atoms with Crippen LogP contribution in [-0.2, 0) is 11.8 Å². The Labute approximate surface area is 90.0 Å². The van der Waals surface area contributed by atoms with E-state index in [0.717, 1.165) is 45.1 Å². The van der Waals surface area contributed by atoms with Crippen LogP contribution in [0.1, 0.15) is 0 Å². The molecule has 1 fully saturated rings. The summed E-state index contributed by atoms with van der Waals surface area (Å²) in [6.45, 7) is 5.87. The lowest BCUT2D eigenvalue weighted by molar-refractivity contribution is 0.0398. The molecule has 1 aliphatic rings. The minimum atomic E-state index is 0.868. The van der Waals surface area contributed by atoms with E-state index in [1.54, 1.807) is 4.68 Å². The Morgan fingerprint density at radius 3 is 2.93 bits per heavy atom.